The van der Waals surface area contributed by atoms with Gasteiger partial charge in [-0.05, 0) is 37.0 Å². The molecule has 0 radical (unpaired) electrons. The van der Waals surface area contributed by atoms with Crippen LogP contribution in [0.4, 0.5) is 0 Å². The highest BCUT2D eigenvalue weighted by Gasteiger charge is 2.41. The molecule has 0 spiro atoms. The van der Waals surface area contributed by atoms with E-state index in [0.29, 0.717) is 6.42 Å². The van der Waals surface area contributed by atoms with Gasteiger partial charge in [-0.3, -0.25) is 0 Å². The summed E-state index contributed by atoms with van der Waals surface area (Å²) < 4.78 is 11.3. The van der Waals surface area contributed by atoms with Gasteiger partial charge >= 0.3 is 5.97 Å². The first-order chi connectivity index (χ1) is 8.99. The Kier molecular flexibility index (Phi) is 5.03. The molecule has 0 aromatic heterocycles. The van der Waals surface area contributed by atoms with Crippen molar-refractivity contribution in [3.05, 3.63) is 23.3 Å². The topological polar surface area (TPSA) is 35.5 Å². The fraction of sp³-hybridized carbons (Fsp3) is 0.688. The van der Waals surface area contributed by atoms with Crippen molar-refractivity contribution in [2.45, 2.75) is 64.8 Å². The van der Waals surface area contributed by atoms with Crippen LogP contribution in [0.5, 0.6) is 0 Å². The lowest BCUT2D eigenvalue weighted by Gasteiger charge is -2.41. The third-order valence-electron chi connectivity index (χ3n) is 4.53. The predicted octanol–water partition coefficient (Wildman–Crippen LogP) is 4.22. The molecule has 3 nitrogen and oxygen atoms in total. The number of rotatable bonds is 3. The fourth-order valence-electron chi connectivity index (χ4n) is 2.10. The summed E-state index contributed by atoms with van der Waals surface area (Å²) in [5.41, 5.74) is 2.88. The van der Waals surface area contributed by atoms with Gasteiger partial charge < -0.3 is 9.16 Å². The molecule has 114 valence electrons. The molecule has 0 aromatic rings. The maximum absolute atomic E-state index is 11.8. The lowest BCUT2D eigenvalue weighted by atomic mass is 9.87. The molecule has 0 fully saturated rings. The first kappa shape index (κ1) is 17.2. The number of hydrogen-bond donors (Lipinski definition) is 0. The normalized spacial score (nSPS) is 21.1. The van der Waals surface area contributed by atoms with E-state index in [-0.39, 0.29) is 17.1 Å². The molecule has 0 aromatic carbocycles. The van der Waals surface area contributed by atoms with Crippen molar-refractivity contribution in [1.29, 1.82) is 0 Å². The molecule has 0 saturated carbocycles. The predicted molar refractivity (Wildman–Crippen MR) is 85.2 cm³/mol. The van der Waals surface area contributed by atoms with E-state index in [1.54, 1.807) is 0 Å². The molecule has 1 aliphatic carbocycles. The van der Waals surface area contributed by atoms with Crippen LogP contribution in [-0.4, -0.2) is 27.5 Å². The van der Waals surface area contributed by atoms with Gasteiger partial charge in [0.1, 0.15) is 0 Å². The standard InChI is InChI=1S/C16H28O3Si/c1-11-9-12(2)14(10-13(11)15(17)18-6)19-20(7,8)16(3,4)5/h14H,2,9-10H2,1,3-8H3/t14-/m1/s1. The third kappa shape index (κ3) is 3.61. The van der Waals surface area contributed by atoms with Crippen LogP contribution in [0.25, 0.3) is 0 Å². The van der Waals surface area contributed by atoms with Gasteiger partial charge in [-0.1, -0.05) is 32.9 Å². The summed E-state index contributed by atoms with van der Waals surface area (Å²) in [5, 5.41) is 0.148. The summed E-state index contributed by atoms with van der Waals surface area (Å²) in [6, 6.07) is 0. The second-order valence-corrected chi connectivity index (χ2v) is 11.9. The highest BCUT2D eigenvalue weighted by atomic mass is 28.4. The minimum absolute atomic E-state index is 0.0614. The van der Waals surface area contributed by atoms with Gasteiger partial charge in [-0.2, -0.15) is 0 Å². The van der Waals surface area contributed by atoms with Crippen LogP contribution in [0.2, 0.25) is 18.1 Å². The Labute approximate surface area is 124 Å². The van der Waals surface area contributed by atoms with Crippen LogP contribution in [0.3, 0.4) is 0 Å². The average molecular weight is 296 g/mol. The molecule has 1 atom stereocenters. The molecule has 0 saturated heterocycles. The smallest absolute Gasteiger partial charge is 0.333 e. The Bertz CT molecular complexity index is 441. The van der Waals surface area contributed by atoms with Gasteiger partial charge in [-0.15, -0.1) is 0 Å². The molecule has 0 aliphatic heterocycles. The fourth-order valence-corrected chi connectivity index (χ4v) is 3.42. The highest BCUT2D eigenvalue weighted by molar-refractivity contribution is 6.74. The first-order valence-electron chi connectivity index (χ1n) is 7.12. The van der Waals surface area contributed by atoms with Crippen molar-refractivity contribution in [3.63, 3.8) is 0 Å². The molecule has 4 heteroatoms. The second-order valence-electron chi connectivity index (χ2n) is 7.16. The van der Waals surface area contributed by atoms with Crippen LogP contribution in [0.1, 0.15) is 40.5 Å². The Morgan fingerprint density at radius 1 is 1.35 bits per heavy atom. The number of carbonyl (C=O) groups excluding carboxylic acids is 1. The molecular weight excluding hydrogens is 268 g/mol. The zero-order chi connectivity index (χ0) is 15.7. The summed E-state index contributed by atoms with van der Waals surface area (Å²) in [7, 11) is -0.440. The summed E-state index contributed by atoms with van der Waals surface area (Å²) in [4.78, 5) is 11.8. The summed E-state index contributed by atoms with van der Waals surface area (Å²) in [6.45, 7) is 17.2. The van der Waals surface area contributed by atoms with Crippen molar-refractivity contribution in [1.82, 2.24) is 0 Å². The maximum Gasteiger partial charge on any atom is 0.333 e. The van der Waals surface area contributed by atoms with E-state index >= 15 is 0 Å². The molecule has 0 bridgehead atoms. The van der Waals surface area contributed by atoms with E-state index in [9.17, 15) is 4.79 Å². The largest absolute Gasteiger partial charge is 0.466 e. The van der Waals surface area contributed by atoms with E-state index in [4.69, 9.17) is 9.16 Å². The van der Waals surface area contributed by atoms with Crippen LogP contribution in [-0.2, 0) is 14.0 Å². The van der Waals surface area contributed by atoms with Crippen molar-refractivity contribution in [2.75, 3.05) is 7.11 Å². The molecule has 1 rings (SSSR count). The lowest BCUT2D eigenvalue weighted by molar-refractivity contribution is -0.136. The van der Waals surface area contributed by atoms with Gasteiger partial charge in [0.25, 0.3) is 0 Å². The average Bonchev–Trinajstić information content (AvgIpc) is 2.30. The number of hydrogen-bond acceptors (Lipinski definition) is 3. The molecule has 1 aliphatic rings. The van der Waals surface area contributed by atoms with Gasteiger partial charge in [-0.25, -0.2) is 4.79 Å². The van der Waals surface area contributed by atoms with E-state index in [1.807, 2.05) is 6.92 Å². The molecule has 0 N–H and O–H groups in total. The minimum atomic E-state index is -1.87. The second kappa shape index (κ2) is 5.86. The van der Waals surface area contributed by atoms with E-state index in [1.165, 1.54) is 7.11 Å². The highest BCUT2D eigenvalue weighted by Crippen LogP contribution is 2.40. The van der Waals surface area contributed by atoms with E-state index < -0.39 is 8.32 Å². The Morgan fingerprint density at radius 2 is 1.90 bits per heavy atom. The molecule has 0 unspecified atom stereocenters. The van der Waals surface area contributed by atoms with Crippen LogP contribution in [0, 0.1) is 0 Å². The zero-order valence-corrected chi connectivity index (χ0v) is 14.9. The Balaban J connectivity index is 2.94. The zero-order valence-electron chi connectivity index (χ0n) is 13.9. The van der Waals surface area contributed by atoms with Gasteiger partial charge in [0.15, 0.2) is 8.32 Å². The third-order valence-corrected chi connectivity index (χ3v) is 9.01. The number of methoxy groups -OCH3 is 1. The molecule has 0 heterocycles. The van der Waals surface area contributed by atoms with Crippen molar-refractivity contribution in [3.8, 4) is 0 Å². The van der Waals surface area contributed by atoms with Crippen LogP contribution in [0.15, 0.2) is 23.3 Å². The Morgan fingerprint density at radius 3 is 2.35 bits per heavy atom. The van der Waals surface area contributed by atoms with Crippen LogP contribution < -0.4 is 0 Å². The maximum atomic E-state index is 11.8. The van der Waals surface area contributed by atoms with E-state index in [0.717, 1.165) is 23.1 Å². The first-order valence-corrected chi connectivity index (χ1v) is 10.0. The van der Waals surface area contributed by atoms with Gasteiger partial charge in [0, 0.05) is 12.0 Å². The number of carbonyl (C=O) groups is 1. The van der Waals surface area contributed by atoms with Gasteiger partial charge in [0.05, 0.1) is 13.2 Å². The van der Waals surface area contributed by atoms with E-state index in [2.05, 4.69) is 40.4 Å². The lowest BCUT2D eigenvalue weighted by Crippen LogP contribution is -2.45. The SMILES string of the molecule is C=C1CC(C)=C(C(=O)OC)C[C@H]1O[Si](C)(C)C(C)(C)C. The molecular formula is C16H28O3Si. The van der Waals surface area contributed by atoms with Gasteiger partial charge in [0.2, 0.25) is 0 Å². The molecule has 20 heavy (non-hydrogen) atoms. The molecule has 0 amide bonds. The summed E-state index contributed by atoms with van der Waals surface area (Å²) in [5.74, 6) is -0.237. The number of allylic oxidation sites excluding steroid dienone is 1. The van der Waals surface area contributed by atoms with Crippen molar-refractivity contribution in [2.24, 2.45) is 0 Å². The van der Waals surface area contributed by atoms with Crippen molar-refractivity contribution >= 4 is 14.3 Å². The van der Waals surface area contributed by atoms with Crippen LogP contribution >= 0.6 is 0 Å². The minimum Gasteiger partial charge on any atom is -0.466 e. The number of ether oxygens (including phenoxy) is 1. The summed E-state index contributed by atoms with van der Waals surface area (Å²) in [6.07, 6.45) is 1.25. The monoisotopic (exact) mass is 296 g/mol. The quantitative estimate of drug-likeness (QED) is 0.444. The van der Waals surface area contributed by atoms with Crippen molar-refractivity contribution < 1.29 is 14.0 Å². The number of esters is 1. The Hall–Kier alpha value is -0.873. The summed E-state index contributed by atoms with van der Waals surface area (Å²) >= 11 is 0.